The Kier molecular flexibility index (Phi) is 4.78. The van der Waals surface area contributed by atoms with Crippen molar-refractivity contribution in [2.45, 2.75) is 32.1 Å². The predicted octanol–water partition coefficient (Wildman–Crippen LogP) is 1.73. The van der Waals surface area contributed by atoms with Crippen LogP contribution in [0.25, 0.3) is 0 Å². The molecule has 2 atom stereocenters. The third kappa shape index (κ3) is 3.12. The van der Waals surface area contributed by atoms with Crippen molar-refractivity contribution in [1.29, 1.82) is 0 Å². The molecule has 0 aromatic rings. The van der Waals surface area contributed by atoms with Gasteiger partial charge in [0.2, 0.25) is 0 Å². The van der Waals surface area contributed by atoms with Gasteiger partial charge < -0.3 is 9.80 Å². The zero-order valence-corrected chi connectivity index (χ0v) is 12.4. The number of carbonyl (C=O) groups is 1. The lowest BCUT2D eigenvalue weighted by Crippen LogP contribution is -2.53. The lowest BCUT2D eigenvalue weighted by Gasteiger charge is -2.38. The molecule has 5 heteroatoms. The van der Waals surface area contributed by atoms with E-state index in [1.54, 1.807) is 0 Å². The second kappa shape index (κ2) is 6.15. The number of hydrogen-bond donors (Lipinski definition) is 1. The van der Waals surface area contributed by atoms with E-state index in [-0.39, 0.29) is 6.03 Å². The topological polar surface area (TPSA) is 26.8 Å². The number of likely N-dealkylation sites (tertiary alicyclic amines) is 1. The second-order valence-corrected chi connectivity index (χ2v) is 6.19. The molecule has 0 spiro atoms. The average molecular weight is 271 g/mol. The number of hydrogen-bond acceptors (Lipinski definition) is 3. The number of rotatable bonds is 2. The Labute approximate surface area is 116 Å². The average Bonchev–Trinajstić information content (AvgIpc) is 2.86. The number of piperazine rings is 1. The Balaban J connectivity index is 1.81. The highest BCUT2D eigenvalue weighted by Crippen LogP contribution is 2.21. The van der Waals surface area contributed by atoms with E-state index >= 15 is 0 Å². The Morgan fingerprint density at radius 3 is 2.39 bits per heavy atom. The number of urea groups is 1. The maximum absolute atomic E-state index is 12.4. The Hall–Kier alpha value is -0.420. The summed E-state index contributed by atoms with van der Waals surface area (Å²) >= 11 is 4.45. The molecule has 2 unspecified atom stereocenters. The third-order valence-corrected chi connectivity index (χ3v) is 4.57. The summed E-state index contributed by atoms with van der Waals surface area (Å²) in [6, 6.07) is 0.248. The molecule has 0 saturated carbocycles. The standard InChI is InChI=1S/C13H25N3OS/c1-3-12-4-5-16(10-12)13(17)15-8-6-14(7-9-15)11(2)18/h11-12,18H,3-10H2,1-2H3. The van der Waals surface area contributed by atoms with Gasteiger partial charge in [0.15, 0.2) is 0 Å². The smallest absolute Gasteiger partial charge is 0.320 e. The largest absolute Gasteiger partial charge is 0.324 e. The van der Waals surface area contributed by atoms with E-state index in [1.165, 1.54) is 12.8 Å². The minimum absolute atomic E-state index is 0.248. The van der Waals surface area contributed by atoms with E-state index in [1.807, 2.05) is 9.80 Å². The Morgan fingerprint density at radius 2 is 1.89 bits per heavy atom. The fourth-order valence-electron chi connectivity index (χ4n) is 2.83. The lowest BCUT2D eigenvalue weighted by atomic mass is 10.1. The monoisotopic (exact) mass is 271 g/mol. The van der Waals surface area contributed by atoms with Crippen LogP contribution in [0.1, 0.15) is 26.7 Å². The van der Waals surface area contributed by atoms with Crippen molar-refractivity contribution in [3.8, 4) is 0 Å². The van der Waals surface area contributed by atoms with Crippen LogP contribution in [0, 0.1) is 5.92 Å². The quantitative estimate of drug-likeness (QED) is 0.774. The van der Waals surface area contributed by atoms with Gasteiger partial charge in [-0.2, -0.15) is 12.6 Å². The molecule has 2 heterocycles. The maximum atomic E-state index is 12.4. The van der Waals surface area contributed by atoms with Crippen molar-refractivity contribution in [2.24, 2.45) is 5.92 Å². The third-order valence-electron chi connectivity index (χ3n) is 4.25. The fourth-order valence-corrected chi connectivity index (χ4v) is 3.06. The summed E-state index contributed by atoms with van der Waals surface area (Å²) in [5, 5.41) is 0.290. The normalized spacial score (nSPS) is 27.6. The van der Waals surface area contributed by atoms with Gasteiger partial charge in [-0.05, 0) is 19.3 Å². The summed E-state index contributed by atoms with van der Waals surface area (Å²) < 4.78 is 0. The first-order chi connectivity index (χ1) is 8.61. The fraction of sp³-hybridized carbons (Fsp3) is 0.923. The van der Waals surface area contributed by atoms with Gasteiger partial charge in [-0.25, -0.2) is 4.79 Å². The summed E-state index contributed by atoms with van der Waals surface area (Å²) in [5.41, 5.74) is 0. The first kappa shape index (κ1) is 14.0. The number of nitrogens with zero attached hydrogens (tertiary/aromatic N) is 3. The maximum Gasteiger partial charge on any atom is 0.320 e. The zero-order valence-electron chi connectivity index (χ0n) is 11.5. The Morgan fingerprint density at radius 1 is 1.22 bits per heavy atom. The zero-order chi connectivity index (χ0) is 13.1. The molecule has 2 saturated heterocycles. The summed E-state index contributed by atoms with van der Waals surface area (Å²) in [4.78, 5) is 18.7. The van der Waals surface area contributed by atoms with E-state index in [4.69, 9.17) is 0 Å². The second-order valence-electron chi connectivity index (χ2n) is 5.45. The van der Waals surface area contributed by atoms with Crippen LogP contribution >= 0.6 is 12.6 Å². The molecule has 2 fully saturated rings. The van der Waals surface area contributed by atoms with E-state index < -0.39 is 0 Å². The summed E-state index contributed by atoms with van der Waals surface area (Å²) in [5.74, 6) is 0.715. The molecule has 4 nitrogen and oxygen atoms in total. The van der Waals surface area contributed by atoms with Crippen LogP contribution in [0.15, 0.2) is 0 Å². The molecule has 18 heavy (non-hydrogen) atoms. The van der Waals surface area contributed by atoms with Crippen LogP contribution in [0.2, 0.25) is 0 Å². The van der Waals surface area contributed by atoms with Gasteiger partial charge in [0, 0.05) is 39.3 Å². The van der Waals surface area contributed by atoms with Gasteiger partial charge in [0.25, 0.3) is 0 Å². The molecule has 0 bridgehead atoms. The summed E-state index contributed by atoms with van der Waals surface area (Å²) in [7, 11) is 0. The highest BCUT2D eigenvalue weighted by molar-refractivity contribution is 7.80. The van der Waals surface area contributed by atoms with Gasteiger partial charge >= 0.3 is 6.03 Å². The molecule has 2 aliphatic heterocycles. The van der Waals surface area contributed by atoms with Crippen molar-refractivity contribution in [1.82, 2.24) is 14.7 Å². The van der Waals surface area contributed by atoms with E-state index in [0.29, 0.717) is 11.3 Å². The van der Waals surface area contributed by atoms with E-state index in [2.05, 4.69) is 31.4 Å². The molecule has 0 radical (unpaired) electrons. The van der Waals surface area contributed by atoms with Crippen molar-refractivity contribution in [2.75, 3.05) is 39.3 Å². The Bertz CT molecular complexity index is 290. The van der Waals surface area contributed by atoms with Gasteiger partial charge in [-0.15, -0.1) is 0 Å². The molecule has 0 N–H and O–H groups in total. The van der Waals surface area contributed by atoms with Gasteiger partial charge in [-0.3, -0.25) is 4.90 Å². The van der Waals surface area contributed by atoms with Crippen molar-refractivity contribution in [3.63, 3.8) is 0 Å². The minimum Gasteiger partial charge on any atom is -0.324 e. The first-order valence-corrected chi connectivity index (χ1v) is 7.59. The molecular weight excluding hydrogens is 246 g/mol. The van der Waals surface area contributed by atoms with Crippen LogP contribution in [0.5, 0.6) is 0 Å². The van der Waals surface area contributed by atoms with Crippen molar-refractivity contribution < 1.29 is 4.79 Å². The van der Waals surface area contributed by atoms with Crippen LogP contribution < -0.4 is 0 Å². The number of amides is 2. The van der Waals surface area contributed by atoms with Crippen LogP contribution in [0.4, 0.5) is 4.79 Å². The van der Waals surface area contributed by atoms with Gasteiger partial charge in [0.1, 0.15) is 0 Å². The molecular formula is C13H25N3OS. The molecule has 0 aromatic carbocycles. The van der Waals surface area contributed by atoms with E-state index in [0.717, 1.165) is 39.3 Å². The van der Waals surface area contributed by atoms with Crippen LogP contribution in [-0.4, -0.2) is 65.4 Å². The van der Waals surface area contributed by atoms with E-state index in [9.17, 15) is 4.79 Å². The molecule has 2 aliphatic rings. The van der Waals surface area contributed by atoms with Crippen molar-refractivity contribution >= 4 is 18.7 Å². The molecule has 104 valence electrons. The SMILES string of the molecule is CCC1CCN(C(=O)N2CCN(C(C)S)CC2)C1. The molecule has 2 amide bonds. The molecule has 0 aromatic heterocycles. The number of thiol groups is 1. The molecule has 2 rings (SSSR count). The highest BCUT2D eigenvalue weighted by Gasteiger charge is 2.30. The van der Waals surface area contributed by atoms with Crippen LogP contribution in [-0.2, 0) is 0 Å². The first-order valence-electron chi connectivity index (χ1n) is 7.07. The lowest BCUT2D eigenvalue weighted by molar-refractivity contribution is 0.115. The summed E-state index contributed by atoms with van der Waals surface area (Å²) in [6.45, 7) is 9.79. The van der Waals surface area contributed by atoms with Gasteiger partial charge in [0.05, 0.1) is 5.37 Å². The number of carbonyl (C=O) groups excluding carboxylic acids is 1. The van der Waals surface area contributed by atoms with Crippen LogP contribution in [0.3, 0.4) is 0 Å². The molecule has 0 aliphatic carbocycles. The minimum atomic E-state index is 0.248. The summed E-state index contributed by atoms with van der Waals surface area (Å²) in [6.07, 6.45) is 2.37. The van der Waals surface area contributed by atoms with Gasteiger partial charge in [-0.1, -0.05) is 13.3 Å². The highest BCUT2D eigenvalue weighted by atomic mass is 32.1. The predicted molar refractivity (Wildman–Crippen MR) is 77.0 cm³/mol. The van der Waals surface area contributed by atoms with Crippen molar-refractivity contribution in [3.05, 3.63) is 0 Å².